The predicted molar refractivity (Wildman–Crippen MR) is 89.5 cm³/mol. The fraction of sp³-hybridized carbons (Fsp3) is 0.0714. The number of halogens is 3. The van der Waals surface area contributed by atoms with Crippen LogP contribution in [0.2, 0.25) is 5.02 Å². The molecule has 0 aliphatic heterocycles. The fourth-order valence-corrected chi connectivity index (χ4v) is 2.45. The van der Waals surface area contributed by atoms with Gasteiger partial charge in [0.25, 0.3) is 0 Å². The molecule has 0 saturated carbocycles. The molecule has 0 spiro atoms. The van der Waals surface area contributed by atoms with E-state index in [1.54, 1.807) is 24.3 Å². The normalized spacial score (nSPS) is 10.4. The van der Waals surface area contributed by atoms with Crippen LogP contribution in [0, 0.1) is 12.7 Å². The zero-order valence-corrected chi connectivity index (χ0v) is 13.7. The molecule has 2 nitrogen and oxygen atoms in total. The summed E-state index contributed by atoms with van der Waals surface area (Å²) < 4.78 is 13.8. The Hall–Kier alpha value is -1.17. The topological polar surface area (TPSA) is 38.0 Å². The number of hydrogen-bond donors (Lipinski definition) is 2. The molecule has 2 aromatic carbocycles. The molecule has 0 atom stereocenters. The molecule has 0 aliphatic rings. The van der Waals surface area contributed by atoms with Gasteiger partial charge in [0.1, 0.15) is 10.8 Å². The summed E-state index contributed by atoms with van der Waals surface area (Å²) in [5.41, 5.74) is 8.57. The molecule has 2 rings (SSSR count). The number of rotatable bonds is 3. The van der Waals surface area contributed by atoms with E-state index in [1.807, 2.05) is 6.92 Å². The number of nitrogens with one attached hydrogen (secondary N) is 1. The molecule has 0 heterocycles. The lowest BCUT2D eigenvalue weighted by atomic mass is 10.1. The molecule has 2 aromatic rings. The molecule has 3 N–H and O–H groups in total. The van der Waals surface area contributed by atoms with Crippen molar-refractivity contribution in [2.45, 2.75) is 6.92 Å². The quantitative estimate of drug-likeness (QED) is 0.749. The third kappa shape index (κ3) is 3.29. The van der Waals surface area contributed by atoms with Crippen LogP contribution in [0.25, 0.3) is 0 Å². The van der Waals surface area contributed by atoms with E-state index in [2.05, 4.69) is 21.2 Å². The molecular formula is C14H11BrClFN2S. The Balaban J connectivity index is 2.47. The highest BCUT2D eigenvalue weighted by Crippen LogP contribution is 2.29. The van der Waals surface area contributed by atoms with E-state index in [0.717, 1.165) is 11.3 Å². The molecule has 0 radical (unpaired) electrons. The number of benzene rings is 2. The molecular weight excluding hydrogens is 363 g/mol. The fourth-order valence-electron chi connectivity index (χ4n) is 1.76. The Kier molecular flexibility index (Phi) is 4.62. The van der Waals surface area contributed by atoms with Gasteiger partial charge in [-0.2, -0.15) is 0 Å². The van der Waals surface area contributed by atoms with Crippen molar-refractivity contribution in [3.8, 4) is 0 Å². The number of hydrogen-bond acceptors (Lipinski definition) is 2. The molecule has 0 aromatic heterocycles. The second-order valence-electron chi connectivity index (χ2n) is 4.26. The minimum absolute atomic E-state index is 0.267. The van der Waals surface area contributed by atoms with Gasteiger partial charge in [-0.25, -0.2) is 4.39 Å². The van der Waals surface area contributed by atoms with Gasteiger partial charge in [0, 0.05) is 16.3 Å². The van der Waals surface area contributed by atoms with Crippen LogP contribution in [-0.4, -0.2) is 4.99 Å². The van der Waals surface area contributed by atoms with Gasteiger partial charge in [0.05, 0.1) is 10.2 Å². The van der Waals surface area contributed by atoms with E-state index < -0.39 is 0 Å². The Morgan fingerprint density at radius 3 is 2.65 bits per heavy atom. The van der Waals surface area contributed by atoms with Crippen LogP contribution in [0.1, 0.15) is 11.1 Å². The zero-order chi connectivity index (χ0) is 14.9. The van der Waals surface area contributed by atoms with Crippen LogP contribution in [0.4, 0.5) is 15.8 Å². The van der Waals surface area contributed by atoms with Crippen molar-refractivity contribution < 1.29 is 4.39 Å². The molecule has 0 saturated heterocycles. The van der Waals surface area contributed by atoms with Crippen molar-refractivity contribution in [1.29, 1.82) is 0 Å². The lowest BCUT2D eigenvalue weighted by molar-refractivity contribution is 0.620. The predicted octanol–water partition coefficient (Wildman–Crippen LogP) is 4.93. The van der Waals surface area contributed by atoms with E-state index in [0.29, 0.717) is 20.7 Å². The van der Waals surface area contributed by atoms with Gasteiger partial charge in [0.2, 0.25) is 0 Å². The molecule has 20 heavy (non-hydrogen) atoms. The number of thiocarbonyl (C=S) groups is 1. The molecule has 0 aliphatic carbocycles. The molecule has 0 unspecified atom stereocenters. The highest BCUT2D eigenvalue weighted by molar-refractivity contribution is 9.10. The SMILES string of the molecule is Cc1cc(F)c(Br)cc1Nc1cc(Cl)ccc1C(N)=S. The van der Waals surface area contributed by atoms with Crippen molar-refractivity contribution in [2.75, 3.05) is 5.32 Å². The Labute approximate surface area is 135 Å². The summed E-state index contributed by atoms with van der Waals surface area (Å²) in [6.45, 7) is 1.81. The van der Waals surface area contributed by atoms with Crippen molar-refractivity contribution >= 4 is 56.1 Å². The lowest BCUT2D eigenvalue weighted by Crippen LogP contribution is -2.12. The smallest absolute Gasteiger partial charge is 0.137 e. The van der Waals surface area contributed by atoms with Gasteiger partial charge in [-0.1, -0.05) is 23.8 Å². The first kappa shape index (κ1) is 15.2. The van der Waals surface area contributed by atoms with E-state index in [-0.39, 0.29) is 10.8 Å². The van der Waals surface area contributed by atoms with Crippen molar-refractivity contribution in [1.82, 2.24) is 0 Å². The van der Waals surface area contributed by atoms with Gasteiger partial charge in [-0.3, -0.25) is 0 Å². The van der Waals surface area contributed by atoms with Gasteiger partial charge in [-0.15, -0.1) is 0 Å². The minimum atomic E-state index is -0.311. The molecule has 0 bridgehead atoms. The number of anilines is 2. The van der Waals surface area contributed by atoms with E-state index >= 15 is 0 Å². The van der Waals surface area contributed by atoms with Crippen LogP contribution in [0.5, 0.6) is 0 Å². The van der Waals surface area contributed by atoms with Crippen molar-refractivity contribution in [2.24, 2.45) is 5.73 Å². The minimum Gasteiger partial charge on any atom is -0.389 e. The summed E-state index contributed by atoms with van der Waals surface area (Å²) in [4.78, 5) is 0.267. The van der Waals surface area contributed by atoms with Gasteiger partial charge >= 0.3 is 0 Å². The van der Waals surface area contributed by atoms with Crippen molar-refractivity contribution in [3.05, 3.63) is 56.8 Å². The number of nitrogens with two attached hydrogens (primary N) is 1. The average molecular weight is 374 g/mol. The van der Waals surface area contributed by atoms with Crippen LogP contribution < -0.4 is 11.1 Å². The average Bonchev–Trinajstić information content (AvgIpc) is 2.35. The third-order valence-electron chi connectivity index (χ3n) is 2.78. The first-order valence-corrected chi connectivity index (χ1v) is 7.28. The van der Waals surface area contributed by atoms with E-state index in [4.69, 9.17) is 29.6 Å². The molecule has 104 valence electrons. The first-order chi connectivity index (χ1) is 9.38. The van der Waals surface area contributed by atoms with Gasteiger partial charge in [-0.05, 0) is 58.7 Å². The number of aryl methyl sites for hydroxylation is 1. The van der Waals surface area contributed by atoms with Crippen LogP contribution in [0.15, 0.2) is 34.8 Å². The molecule has 0 amide bonds. The summed E-state index contributed by atoms with van der Waals surface area (Å²) in [6.07, 6.45) is 0. The maximum absolute atomic E-state index is 13.4. The van der Waals surface area contributed by atoms with Crippen molar-refractivity contribution in [3.63, 3.8) is 0 Å². The molecule has 0 fully saturated rings. The maximum Gasteiger partial charge on any atom is 0.137 e. The Bertz CT molecular complexity index is 691. The van der Waals surface area contributed by atoms with Crippen LogP contribution in [0.3, 0.4) is 0 Å². The second-order valence-corrected chi connectivity index (χ2v) is 5.99. The third-order valence-corrected chi connectivity index (χ3v) is 3.85. The zero-order valence-electron chi connectivity index (χ0n) is 10.5. The summed E-state index contributed by atoms with van der Waals surface area (Å²) in [6, 6.07) is 8.30. The first-order valence-electron chi connectivity index (χ1n) is 5.70. The van der Waals surface area contributed by atoms with Crippen LogP contribution in [-0.2, 0) is 0 Å². The molecule has 6 heteroatoms. The monoisotopic (exact) mass is 372 g/mol. The highest BCUT2D eigenvalue weighted by Gasteiger charge is 2.10. The largest absolute Gasteiger partial charge is 0.389 e. The summed E-state index contributed by atoms with van der Waals surface area (Å²) in [7, 11) is 0. The van der Waals surface area contributed by atoms with Gasteiger partial charge in [0.15, 0.2) is 0 Å². The van der Waals surface area contributed by atoms with E-state index in [9.17, 15) is 4.39 Å². The highest BCUT2D eigenvalue weighted by atomic mass is 79.9. The summed E-state index contributed by atoms with van der Waals surface area (Å²) in [5, 5.41) is 3.74. The standard InChI is InChI=1S/C14H11BrClFN2S/c1-7-4-11(17)10(15)6-12(7)19-13-5-8(16)2-3-9(13)14(18)20/h2-6,19H,1H3,(H2,18,20). The Morgan fingerprint density at radius 1 is 1.30 bits per heavy atom. The lowest BCUT2D eigenvalue weighted by Gasteiger charge is -2.14. The van der Waals surface area contributed by atoms with Crippen LogP contribution >= 0.6 is 39.7 Å². The van der Waals surface area contributed by atoms with E-state index in [1.165, 1.54) is 6.07 Å². The second kappa shape index (κ2) is 6.08. The maximum atomic E-state index is 13.4. The Morgan fingerprint density at radius 2 is 2.00 bits per heavy atom. The summed E-state index contributed by atoms with van der Waals surface area (Å²) in [5.74, 6) is -0.311. The summed E-state index contributed by atoms with van der Waals surface area (Å²) >= 11 is 14.2. The van der Waals surface area contributed by atoms with Gasteiger partial charge < -0.3 is 11.1 Å².